The number of aromatic nitrogens is 3. The molecule has 0 unspecified atom stereocenters. The van der Waals surface area contributed by atoms with Gasteiger partial charge in [0.1, 0.15) is 18.1 Å². The SMILES string of the molecule is COc1cccc(-n2nccc2-c2cc(-c3ccc(O)cc3)cnc2OCc2ccccc2)c1. The van der Waals surface area contributed by atoms with Crippen LogP contribution in [0.2, 0.25) is 0 Å². The standard InChI is InChI=1S/C28H23N3O3/c1-33-25-9-5-8-23(17-25)31-27(14-15-30-31)26-16-22(21-10-12-24(32)13-11-21)18-29-28(26)34-19-20-6-3-2-4-7-20/h2-18,32H,19H2,1H3. The number of ether oxygens (including phenoxy) is 2. The lowest BCUT2D eigenvalue weighted by molar-refractivity contribution is 0.295. The number of hydrogen-bond donors (Lipinski definition) is 1. The van der Waals surface area contributed by atoms with Crippen molar-refractivity contribution in [3.8, 4) is 45.5 Å². The minimum absolute atomic E-state index is 0.218. The molecule has 5 aromatic rings. The van der Waals surface area contributed by atoms with Crippen LogP contribution in [-0.2, 0) is 6.61 Å². The molecular weight excluding hydrogens is 426 g/mol. The van der Waals surface area contributed by atoms with Crippen molar-refractivity contribution in [3.63, 3.8) is 0 Å². The van der Waals surface area contributed by atoms with E-state index in [4.69, 9.17) is 9.47 Å². The summed E-state index contributed by atoms with van der Waals surface area (Å²) in [4.78, 5) is 4.67. The number of methoxy groups -OCH3 is 1. The smallest absolute Gasteiger partial charge is 0.223 e. The van der Waals surface area contributed by atoms with Crippen molar-refractivity contribution < 1.29 is 14.6 Å². The summed E-state index contributed by atoms with van der Waals surface area (Å²) in [7, 11) is 1.64. The van der Waals surface area contributed by atoms with E-state index in [2.05, 4.69) is 10.1 Å². The average molecular weight is 450 g/mol. The van der Waals surface area contributed by atoms with E-state index in [1.54, 1.807) is 31.6 Å². The second kappa shape index (κ2) is 9.50. The molecule has 0 aliphatic rings. The zero-order valence-electron chi connectivity index (χ0n) is 18.6. The molecule has 2 aromatic heterocycles. The summed E-state index contributed by atoms with van der Waals surface area (Å²) in [5, 5.41) is 14.2. The summed E-state index contributed by atoms with van der Waals surface area (Å²) in [6.07, 6.45) is 3.53. The van der Waals surface area contributed by atoms with Gasteiger partial charge in [-0.1, -0.05) is 48.5 Å². The lowest BCUT2D eigenvalue weighted by Crippen LogP contribution is -2.03. The number of nitrogens with zero attached hydrogens (tertiary/aromatic N) is 3. The molecule has 6 nitrogen and oxygen atoms in total. The predicted octanol–water partition coefficient (Wildman–Crippen LogP) is 5.89. The molecule has 0 atom stereocenters. The number of phenols is 1. The maximum Gasteiger partial charge on any atom is 0.223 e. The molecule has 3 aromatic carbocycles. The van der Waals surface area contributed by atoms with Crippen molar-refractivity contribution >= 4 is 0 Å². The summed E-state index contributed by atoms with van der Waals surface area (Å²) >= 11 is 0. The quantitative estimate of drug-likeness (QED) is 0.335. The third-order valence-electron chi connectivity index (χ3n) is 5.49. The molecule has 1 N–H and O–H groups in total. The van der Waals surface area contributed by atoms with Crippen LogP contribution in [0, 0.1) is 0 Å². The molecule has 0 spiro atoms. The first-order valence-corrected chi connectivity index (χ1v) is 10.9. The normalized spacial score (nSPS) is 10.7. The molecule has 0 radical (unpaired) electrons. The molecule has 6 heteroatoms. The van der Waals surface area contributed by atoms with Gasteiger partial charge >= 0.3 is 0 Å². The fraction of sp³-hybridized carbons (Fsp3) is 0.0714. The van der Waals surface area contributed by atoms with Gasteiger partial charge in [0.05, 0.1) is 30.3 Å². The van der Waals surface area contributed by atoms with E-state index in [1.807, 2.05) is 83.5 Å². The molecule has 0 aliphatic carbocycles. The number of pyridine rings is 1. The number of hydrogen-bond acceptors (Lipinski definition) is 5. The first-order valence-electron chi connectivity index (χ1n) is 10.9. The van der Waals surface area contributed by atoms with Crippen molar-refractivity contribution in [2.45, 2.75) is 6.61 Å². The van der Waals surface area contributed by atoms with E-state index < -0.39 is 0 Å². The molecule has 0 bridgehead atoms. The first kappa shape index (κ1) is 21.3. The zero-order valence-corrected chi connectivity index (χ0v) is 18.6. The van der Waals surface area contributed by atoms with Crippen molar-refractivity contribution in [1.29, 1.82) is 0 Å². The fourth-order valence-electron chi connectivity index (χ4n) is 3.74. The summed E-state index contributed by atoms with van der Waals surface area (Å²) in [5.41, 5.74) is 5.41. The van der Waals surface area contributed by atoms with Crippen LogP contribution in [0.5, 0.6) is 17.4 Å². The third kappa shape index (κ3) is 4.47. The van der Waals surface area contributed by atoms with Crippen LogP contribution in [0.3, 0.4) is 0 Å². The van der Waals surface area contributed by atoms with Crippen molar-refractivity contribution in [2.24, 2.45) is 0 Å². The van der Waals surface area contributed by atoms with Crippen LogP contribution in [0.15, 0.2) is 103 Å². The van der Waals surface area contributed by atoms with Gasteiger partial charge in [0, 0.05) is 17.8 Å². The maximum absolute atomic E-state index is 9.68. The number of benzene rings is 3. The average Bonchev–Trinajstić information content (AvgIpc) is 3.38. The Hall–Kier alpha value is -4.58. The fourth-order valence-corrected chi connectivity index (χ4v) is 3.74. The first-order chi connectivity index (χ1) is 16.7. The molecule has 34 heavy (non-hydrogen) atoms. The number of aromatic hydroxyl groups is 1. The Morgan fingerprint density at radius 2 is 1.68 bits per heavy atom. The van der Waals surface area contributed by atoms with Gasteiger partial charge in [0.2, 0.25) is 5.88 Å². The molecule has 2 heterocycles. The topological polar surface area (TPSA) is 69.4 Å². The zero-order chi connectivity index (χ0) is 23.3. The van der Waals surface area contributed by atoms with Crippen LogP contribution >= 0.6 is 0 Å². The Labute approximate surface area is 197 Å². The Balaban J connectivity index is 1.59. The van der Waals surface area contributed by atoms with E-state index in [0.29, 0.717) is 12.5 Å². The van der Waals surface area contributed by atoms with Crippen LogP contribution in [0.25, 0.3) is 28.1 Å². The molecule has 0 fully saturated rings. The predicted molar refractivity (Wildman–Crippen MR) is 131 cm³/mol. The summed E-state index contributed by atoms with van der Waals surface area (Å²) in [6.45, 7) is 0.396. The van der Waals surface area contributed by atoms with Crippen LogP contribution in [0.4, 0.5) is 0 Å². The van der Waals surface area contributed by atoms with Gasteiger partial charge in [-0.15, -0.1) is 0 Å². The van der Waals surface area contributed by atoms with Gasteiger partial charge in [0.15, 0.2) is 0 Å². The highest BCUT2D eigenvalue weighted by atomic mass is 16.5. The number of phenolic OH excluding ortho intramolecular Hbond substituents is 1. The molecule has 168 valence electrons. The second-order valence-electron chi connectivity index (χ2n) is 7.73. The minimum atomic E-state index is 0.218. The summed E-state index contributed by atoms with van der Waals surface area (Å²) in [6, 6.07) is 28.7. The second-order valence-corrected chi connectivity index (χ2v) is 7.73. The molecule has 0 amide bonds. The Morgan fingerprint density at radius 3 is 2.47 bits per heavy atom. The monoisotopic (exact) mass is 449 g/mol. The molecule has 5 rings (SSSR count). The van der Waals surface area contributed by atoms with Crippen molar-refractivity contribution in [1.82, 2.24) is 14.8 Å². The van der Waals surface area contributed by atoms with Gasteiger partial charge in [-0.05, 0) is 47.5 Å². The molecule has 0 saturated carbocycles. The van der Waals surface area contributed by atoms with Crippen molar-refractivity contribution in [3.05, 3.63) is 109 Å². The maximum atomic E-state index is 9.68. The van der Waals surface area contributed by atoms with Crippen LogP contribution < -0.4 is 9.47 Å². The van der Waals surface area contributed by atoms with Gasteiger partial charge in [-0.25, -0.2) is 9.67 Å². The van der Waals surface area contributed by atoms with Crippen LogP contribution in [-0.4, -0.2) is 27.0 Å². The van der Waals surface area contributed by atoms with Gasteiger partial charge in [0.25, 0.3) is 0 Å². The van der Waals surface area contributed by atoms with Gasteiger partial charge < -0.3 is 14.6 Å². The van der Waals surface area contributed by atoms with E-state index >= 15 is 0 Å². The largest absolute Gasteiger partial charge is 0.508 e. The number of rotatable bonds is 7. The Bertz CT molecular complexity index is 1400. The molecular formula is C28H23N3O3. The van der Waals surface area contributed by atoms with Gasteiger partial charge in [-0.2, -0.15) is 5.10 Å². The molecule has 0 saturated heterocycles. The van der Waals surface area contributed by atoms with E-state index in [1.165, 1.54) is 0 Å². The van der Waals surface area contributed by atoms with Gasteiger partial charge in [-0.3, -0.25) is 0 Å². The summed E-state index contributed by atoms with van der Waals surface area (Å²) < 4.78 is 13.4. The third-order valence-corrected chi connectivity index (χ3v) is 5.49. The highest BCUT2D eigenvalue weighted by molar-refractivity contribution is 5.75. The Kier molecular flexibility index (Phi) is 5.95. The van der Waals surface area contributed by atoms with Crippen molar-refractivity contribution in [2.75, 3.05) is 7.11 Å². The minimum Gasteiger partial charge on any atom is -0.508 e. The van der Waals surface area contributed by atoms with E-state index in [9.17, 15) is 5.11 Å². The highest BCUT2D eigenvalue weighted by Gasteiger charge is 2.16. The molecule has 0 aliphatic heterocycles. The highest BCUT2D eigenvalue weighted by Crippen LogP contribution is 2.34. The Morgan fingerprint density at radius 1 is 0.853 bits per heavy atom. The lowest BCUT2D eigenvalue weighted by Gasteiger charge is -2.15. The summed E-state index contributed by atoms with van der Waals surface area (Å²) in [5.74, 6) is 1.47. The lowest BCUT2D eigenvalue weighted by atomic mass is 10.0. The van der Waals surface area contributed by atoms with Crippen LogP contribution in [0.1, 0.15) is 5.56 Å². The van der Waals surface area contributed by atoms with E-state index in [0.717, 1.165) is 39.4 Å². The van der Waals surface area contributed by atoms with E-state index in [-0.39, 0.29) is 5.75 Å².